The van der Waals surface area contributed by atoms with Crippen LogP contribution in [0.25, 0.3) is 21.5 Å². The maximum absolute atomic E-state index is 13.1. The first-order valence-corrected chi connectivity index (χ1v) is 30.8. The third kappa shape index (κ3) is 15.5. The maximum atomic E-state index is 13.1. The molecule has 0 spiro atoms. The first-order chi connectivity index (χ1) is 44.6. The molecule has 494 valence electrons. The van der Waals surface area contributed by atoms with Crippen molar-refractivity contribution in [1.82, 2.24) is 40.8 Å². The molecule has 2 aromatic heterocycles. The number of rotatable bonds is 27. The minimum absolute atomic E-state index is 0.0324. The average Bonchev–Trinajstić information content (AvgIpc) is 0.752. The number of benzene rings is 6. The molecule has 8 rings (SSSR count). The molecule has 0 aliphatic rings. The highest BCUT2D eigenvalue weighted by Gasteiger charge is 2.31. The number of carbonyl (C=O) groups is 4. The van der Waals surface area contributed by atoms with Gasteiger partial charge in [-0.1, -0.05) is 24.3 Å². The average molecular weight is 1390 g/mol. The number of unbranched alkanes of at least 4 members (excludes halogenated alkanes) is 1. The van der Waals surface area contributed by atoms with Crippen LogP contribution >= 0.6 is 0 Å². The van der Waals surface area contributed by atoms with Gasteiger partial charge in [-0.2, -0.15) is 116 Å². The fourth-order valence-electron chi connectivity index (χ4n) is 8.14. The van der Waals surface area contributed by atoms with Gasteiger partial charge in [-0.05, 0) is 84.3 Å². The van der Waals surface area contributed by atoms with Crippen LogP contribution in [-0.4, -0.2) is 108 Å². The summed E-state index contributed by atoms with van der Waals surface area (Å²) in [4.78, 5) is 78.1. The lowest BCUT2D eigenvalue weighted by Crippen LogP contribution is -2.31. The fourth-order valence-corrected chi connectivity index (χ4v) is 10.9. The number of hydrogen-bond donors (Lipinski definition) is 16. The Labute approximate surface area is 524 Å². The molecule has 94 heavy (non-hydrogen) atoms. The van der Waals surface area contributed by atoms with Gasteiger partial charge in [0.05, 0.1) is 32.3 Å². The Morgan fingerprint density at radius 1 is 0.447 bits per heavy atom. The van der Waals surface area contributed by atoms with Gasteiger partial charge < -0.3 is 40.7 Å². The Balaban J connectivity index is 0.947. The molecule has 0 aliphatic carbocycles. The lowest BCUT2D eigenvalue weighted by molar-refractivity contribution is -0.122. The maximum Gasteiger partial charge on any atom is 0.358 e. The lowest BCUT2D eigenvalue weighted by Gasteiger charge is -2.16. The van der Waals surface area contributed by atoms with E-state index in [-0.39, 0.29) is 48.2 Å². The molecule has 0 saturated heterocycles. The summed E-state index contributed by atoms with van der Waals surface area (Å²) in [7, 11) is -19.8. The summed E-state index contributed by atoms with van der Waals surface area (Å²) in [5, 5.41) is 63.1. The zero-order valence-corrected chi connectivity index (χ0v) is 49.9. The second kappa shape index (κ2) is 28.5. The van der Waals surface area contributed by atoms with Crippen molar-refractivity contribution in [1.29, 1.82) is 0 Å². The number of amides is 2. The molecule has 0 radical (unpaired) electrons. The third-order valence-electron chi connectivity index (χ3n) is 12.3. The summed E-state index contributed by atoms with van der Waals surface area (Å²) in [6, 6.07) is 13.2. The minimum Gasteiger partial charge on any atom is -0.505 e. The van der Waals surface area contributed by atoms with Crippen molar-refractivity contribution in [3.63, 3.8) is 0 Å². The van der Waals surface area contributed by atoms with E-state index in [2.05, 4.69) is 110 Å². The number of aromatic nitrogens is 6. The number of nitrogens with zero attached hydrogens (tertiary/aromatic N) is 10. The van der Waals surface area contributed by atoms with Crippen molar-refractivity contribution in [2.24, 2.45) is 55.8 Å². The Morgan fingerprint density at radius 3 is 1.15 bits per heavy atom. The predicted molar refractivity (Wildman–Crippen MR) is 313 cm³/mol. The number of hydrogen-bond acceptors (Lipinski definition) is 42. The largest absolute Gasteiger partial charge is 0.505 e. The van der Waals surface area contributed by atoms with Crippen LogP contribution < -0.4 is 67.7 Å². The van der Waals surface area contributed by atoms with E-state index in [4.69, 9.17) is 35.4 Å². The number of anilines is 6. The number of aromatic hydroxyl groups is 4. The van der Waals surface area contributed by atoms with Crippen molar-refractivity contribution in [3.05, 3.63) is 96.1 Å². The number of phenols is 2. The summed E-state index contributed by atoms with van der Waals surface area (Å²) < 4.78 is 121. The number of fused-ring (bicyclic) bond motifs is 2. The topological polar surface area (TPSA) is 696 Å². The number of hydrazine groups is 2. The van der Waals surface area contributed by atoms with Crippen molar-refractivity contribution < 1.29 is 100 Å². The van der Waals surface area contributed by atoms with Crippen LogP contribution in [-0.2, 0) is 76.9 Å². The Bertz CT molecular complexity index is 4600. The fraction of sp³-hybridized carbons (Fsp3) is 0.0870. The SMILES string of the molecule is NOC(=O)c1ccccc1N=Nc1c(S(=O)(=O)ON)cc2cc(S(=O)(=O)ON)cc(Nc3nc(O)nc(NNC(=O)CCCCC(=O)NNc4nc(O)nc(Nc5cc(S(=O)(=O)ON)cc6cc(S(=O)(=O)ON)c(N=Nc7ccccc7C(=O)ON)c(O)c56)n4)n3)c2c1O. The highest BCUT2D eigenvalue weighted by Crippen LogP contribution is 2.48. The summed E-state index contributed by atoms with van der Waals surface area (Å²) in [6.07, 6.45) is -0.485. The summed E-state index contributed by atoms with van der Waals surface area (Å²) in [5.74, 6) is 22.0. The van der Waals surface area contributed by atoms with Gasteiger partial charge in [0, 0.05) is 23.6 Å². The Kier molecular flexibility index (Phi) is 20.8. The highest BCUT2D eigenvalue weighted by molar-refractivity contribution is 7.87. The van der Waals surface area contributed by atoms with Gasteiger partial charge in [0.15, 0.2) is 11.5 Å². The van der Waals surface area contributed by atoms with Crippen molar-refractivity contribution >= 4 is 144 Å². The molecule has 44 nitrogen and oxygen atoms in total. The minimum atomic E-state index is -5.05. The molecule has 8 aromatic rings. The van der Waals surface area contributed by atoms with Crippen LogP contribution in [0.4, 0.5) is 57.9 Å². The quantitative estimate of drug-likeness (QED) is 0.0194. The van der Waals surface area contributed by atoms with Crippen LogP contribution in [0.1, 0.15) is 46.4 Å². The molecule has 2 heterocycles. The van der Waals surface area contributed by atoms with Gasteiger partial charge >= 0.3 is 64.4 Å². The molecule has 6 aromatic carbocycles. The first kappa shape index (κ1) is 68.6. The number of nitrogens with one attached hydrogen (secondary N) is 6. The second-order valence-electron chi connectivity index (χ2n) is 18.1. The first-order valence-electron chi connectivity index (χ1n) is 25.2. The van der Waals surface area contributed by atoms with E-state index < -0.39 is 175 Å². The van der Waals surface area contributed by atoms with Crippen LogP contribution in [0.15, 0.2) is 125 Å². The molecule has 22 N–H and O–H groups in total. The van der Waals surface area contributed by atoms with E-state index in [0.29, 0.717) is 0 Å². The molecule has 2 amide bonds. The predicted octanol–water partition coefficient (Wildman–Crippen LogP) is 1.03. The number of phenolic OH excluding ortho intramolecular Hbond substituents is 2. The second-order valence-corrected chi connectivity index (χ2v) is 24.3. The lowest BCUT2D eigenvalue weighted by atomic mass is 10.1. The van der Waals surface area contributed by atoms with Crippen molar-refractivity contribution in [2.45, 2.75) is 45.3 Å². The number of azo groups is 2. The standard InChI is InChI=1S/C46H44N22O22S4/c47-85-39(73)23-7-1-3-9-25(23)61-65-35-29(93(81,82)89-51)15-19-13-21(91(77,78)87-49)17-27(33(19)37(35)71)53-41-55-43(59-45(75)57-41)67-63-31(69)11-5-6-12-32(70)64-68-44-56-42(58-46(76)60-44)54-28-18-22(92(79,80)88-50)14-20-16-30(94(83,84)90-52)36(38(72)34(20)28)66-62-26-10-4-2-8-24(26)40(74)86-48/h1-4,7-10,13-18,71-72H,5-6,11-12,47-52H2,(H,63,69)(H,64,70)(H3,53,55,57,59,67,75)(H3,54,56,58,60,68,76). The summed E-state index contributed by atoms with van der Waals surface area (Å²) in [5.41, 5.74) is 5.35. The van der Waals surface area contributed by atoms with E-state index >= 15 is 0 Å². The third-order valence-corrected chi connectivity index (χ3v) is 16.6. The van der Waals surface area contributed by atoms with Crippen LogP contribution in [0, 0.1) is 0 Å². The van der Waals surface area contributed by atoms with Gasteiger partial charge in [-0.15, -0.1) is 20.5 Å². The zero-order valence-electron chi connectivity index (χ0n) is 46.6. The summed E-state index contributed by atoms with van der Waals surface area (Å²) >= 11 is 0. The number of carbonyl (C=O) groups excluding carboxylic acids is 4. The smallest absolute Gasteiger partial charge is 0.358 e. The molecule has 0 bridgehead atoms. The van der Waals surface area contributed by atoms with Gasteiger partial charge in [0.2, 0.25) is 35.6 Å². The van der Waals surface area contributed by atoms with Crippen LogP contribution in [0.3, 0.4) is 0 Å². The molecule has 0 unspecified atom stereocenters. The molecule has 0 atom stereocenters. The molecule has 0 aliphatic heterocycles. The molecular weight excluding hydrogens is 1340 g/mol. The van der Waals surface area contributed by atoms with Crippen LogP contribution in [0.5, 0.6) is 23.5 Å². The monoisotopic (exact) mass is 1380 g/mol. The molecule has 0 saturated carbocycles. The Morgan fingerprint density at radius 2 is 0.798 bits per heavy atom. The van der Waals surface area contributed by atoms with Gasteiger partial charge in [0.1, 0.15) is 32.5 Å². The van der Waals surface area contributed by atoms with Crippen molar-refractivity contribution in [3.8, 4) is 23.5 Å². The van der Waals surface area contributed by atoms with Crippen molar-refractivity contribution in [2.75, 3.05) is 21.5 Å². The van der Waals surface area contributed by atoms with E-state index in [9.17, 15) is 73.3 Å². The summed E-state index contributed by atoms with van der Waals surface area (Å²) in [6.45, 7) is 0. The number of nitrogens with two attached hydrogens (primary N) is 6. The van der Waals surface area contributed by atoms with Gasteiger partial charge in [-0.3, -0.25) is 31.3 Å². The van der Waals surface area contributed by atoms with Gasteiger partial charge in [0.25, 0.3) is 0 Å². The Hall–Kier alpha value is -11.3. The normalized spacial score (nSPS) is 12.0. The van der Waals surface area contributed by atoms with E-state index in [1.165, 1.54) is 48.5 Å². The molecule has 48 heteroatoms. The molecule has 0 fully saturated rings. The van der Waals surface area contributed by atoms with Crippen LogP contribution in [0.2, 0.25) is 0 Å². The van der Waals surface area contributed by atoms with E-state index in [1.807, 2.05) is 0 Å². The van der Waals surface area contributed by atoms with Gasteiger partial charge in [-0.25, -0.2) is 9.59 Å². The van der Waals surface area contributed by atoms with E-state index in [1.54, 1.807) is 0 Å². The molecular formula is C46H44N22O22S4. The zero-order chi connectivity index (χ0) is 68.5. The highest BCUT2D eigenvalue weighted by atomic mass is 32.2. The van der Waals surface area contributed by atoms with E-state index in [0.717, 1.165) is 36.4 Å².